The molecule has 1 unspecified atom stereocenters. The topological polar surface area (TPSA) is 28.2 Å². The molecule has 1 rings (SSSR count). The molecule has 3 heteroatoms. The molecule has 1 N–H and O–H groups in total. The maximum absolute atomic E-state index is 4.48. The van der Waals surface area contributed by atoms with Crippen LogP contribution >= 0.6 is 0 Å². The van der Waals surface area contributed by atoms with Crippen LogP contribution in [-0.4, -0.2) is 24.6 Å². The Bertz CT molecular complexity index is 401. The van der Waals surface area contributed by atoms with Crippen molar-refractivity contribution in [1.29, 1.82) is 0 Å². The minimum atomic E-state index is 0.366. The third kappa shape index (κ3) is 5.03. The zero-order chi connectivity index (χ0) is 14.3. The molecule has 1 atom stereocenters. The quantitative estimate of drug-likeness (QED) is 0.725. The minimum Gasteiger partial charge on any atom is -0.353 e. The molecule has 1 aromatic rings. The molecule has 3 nitrogen and oxygen atoms in total. The fraction of sp³-hybridized carbons (Fsp3) is 0.562. The van der Waals surface area contributed by atoms with Gasteiger partial charge >= 0.3 is 0 Å². The number of nitrogens with zero attached hydrogens (tertiary/aromatic N) is 2. The summed E-state index contributed by atoms with van der Waals surface area (Å²) in [5.74, 6) is 1.04. The first kappa shape index (κ1) is 15.7. The first-order valence-electron chi connectivity index (χ1n) is 7.17. The highest BCUT2D eigenvalue weighted by molar-refractivity contribution is 5.43. The van der Waals surface area contributed by atoms with Crippen molar-refractivity contribution in [2.75, 3.05) is 24.5 Å². The Morgan fingerprint density at radius 1 is 1.47 bits per heavy atom. The van der Waals surface area contributed by atoms with Crippen LogP contribution in [0.5, 0.6) is 0 Å². The van der Waals surface area contributed by atoms with E-state index >= 15 is 0 Å². The SMILES string of the molecule is C=C(C)CN(CC)c1cc(C(C)NCCC)ccn1. The number of nitrogens with one attached hydrogen (secondary N) is 1. The van der Waals surface area contributed by atoms with Gasteiger partial charge in [0, 0.05) is 25.3 Å². The zero-order valence-corrected chi connectivity index (χ0v) is 12.7. The van der Waals surface area contributed by atoms with Crippen molar-refractivity contribution in [3.05, 3.63) is 36.0 Å². The van der Waals surface area contributed by atoms with Gasteiger partial charge in [0.2, 0.25) is 0 Å². The zero-order valence-electron chi connectivity index (χ0n) is 12.7. The van der Waals surface area contributed by atoms with Crippen molar-refractivity contribution in [2.45, 2.75) is 40.2 Å². The summed E-state index contributed by atoms with van der Waals surface area (Å²) in [7, 11) is 0. The Kier molecular flexibility index (Phi) is 6.57. The number of hydrogen-bond acceptors (Lipinski definition) is 3. The average Bonchev–Trinajstić information content (AvgIpc) is 2.42. The van der Waals surface area contributed by atoms with Crippen LogP contribution in [0.15, 0.2) is 30.5 Å². The third-order valence-electron chi connectivity index (χ3n) is 3.14. The Hall–Kier alpha value is -1.35. The number of pyridine rings is 1. The van der Waals surface area contributed by atoms with Gasteiger partial charge in [-0.3, -0.25) is 0 Å². The maximum Gasteiger partial charge on any atom is 0.129 e. The predicted molar refractivity (Wildman–Crippen MR) is 83.6 cm³/mol. The maximum atomic E-state index is 4.48. The molecule has 0 amide bonds. The van der Waals surface area contributed by atoms with Crippen molar-refractivity contribution >= 4 is 5.82 Å². The highest BCUT2D eigenvalue weighted by atomic mass is 15.2. The first-order valence-corrected chi connectivity index (χ1v) is 7.17. The second kappa shape index (κ2) is 7.95. The largest absolute Gasteiger partial charge is 0.353 e. The van der Waals surface area contributed by atoms with Crippen molar-refractivity contribution < 1.29 is 0 Å². The van der Waals surface area contributed by atoms with Crippen molar-refractivity contribution in [1.82, 2.24) is 10.3 Å². The Balaban J connectivity index is 2.82. The van der Waals surface area contributed by atoms with E-state index in [2.05, 4.69) is 61.6 Å². The van der Waals surface area contributed by atoms with E-state index in [1.807, 2.05) is 6.20 Å². The van der Waals surface area contributed by atoms with E-state index in [0.717, 1.165) is 37.4 Å². The Morgan fingerprint density at radius 2 is 2.21 bits per heavy atom. The Labute approximate surface area is 117 Å². The van der Waals surface area contributed by atoms with Crippen molar-refractivity contribution in [3.8, 4) is 0 Å². The molecule has 0 aliphatic rings. The number of anilines is 1. The number of hydrogen-bond donors (Lipinski definition) is 1. The van der Waals surface area contributed by atoms with Gasteiger partial charge < -0.3 is 10.2 Å². The molecule has 0 fully saturated rings. The van der Waals surface area contributed by atoms with Gasteiger partial charge in [-0.1, -0.05) is 19.1 Å². The molecule has 0 aromatic carbocycles. The smallest absolute Gasteiger partial charge is 0.129 e. The second-order valence-electron chi connectivity index (χ2n) is 5.09. The predicted octanol–water partition coefficient (Wildman–Crippen LogP) is 3.54. The van der Waals surface area contributed by atoms with Gasteiger partial charge in [-0.2, -0.15) is 0 Å². The lowest BCUT2D eigenvalue weighted by Crippen LogP contribution is -2.26. The molecular weight excluding hydrogens is 234 g/mol. The first-order chi connectivity index (χ1) is 9.08. The summed E-state index contributed by atoms with van der Waals surface area (Å²) in [5.41, 5.74) is 2.45. The molecule has 0 aliphatic carbocycles. The summed E-state index contributed by atoms with van der Waals surface area (Å²) in [4.78, 5) is 6.73. The van der Waals surface area contributed by atoms with Crippen molar-refractivity contribution in [2.24, 2.45) is 0 Å². The molecule has 0 radical (unpaired) electrons. The van der Waals surface area contributed by atoms with Crippen LogP contribution in [-0.2, 0) is 0 Å². The van der Waals surface area contributed by atoms with E-state index in [4.69, 9.17) is 0 Å². The van der Waals surface area contributed by atoms with Crippen LogP contribution in [0.25, 0.3) is 0 Å². The highest BCUT2D eigenvalue weighted by Crippen LogP contribution is 2.18. The van der Waals surface area contributed by atoms with E-state index in [9.17, 15) is 0 Å². The summed E-state index contributed by atoms with van der Waals surface area (Å²) in [6.07, 6.45) is 3.05. The van der Waals surface area contributed by atoms with Gasteiger partial charge in [-0.05, 0) is 51.4 Å². The molecule has 19 heavy (non-hydrogen) atoms. The summed E-state index contributed by atoms with van der Waals surface area (Å²) >= 11 is 0. The fourth-order valence-corrected chi connectivity index (χ4v) is 2.04. The number of aromatic nitrogens is 1. The van der Waals surface area contributed by atoms with E-state index in [-0.39, 0.29) is 0 Å². The van der Waals surface area contributed by atoms with Gasteiger partial charge in [0.1, 0.15) is 5.82 Å². The normalized spacial score (nSPS) is 12.2. The number of likely N-dealkylation sites (N-methyl/N-ethyl adjacent to an activating group) is 1. The second-order valence-corrected chi connectivity index (χ2v) is 5.09. The standard InChI is InChI=1S/C16H27N3/c1-6-9-17-14(5)15-8-10-18-16(11-15)19(7-2)12-13(3)4/h8,10-11,14,17H,3,6-7,9,12H2,1-2,4-5H3. The monoisotopic (exact) mass is 261 g/mol. The average molecular weight is 261 g/mol. The van der Waals surface area contributed by atoms with Gasteiger partial charge in [-0.25, -0.2) is 4.98 Å². The molecule has 0 spiro atoms. The van der Waals surface area contributed by atoms with Crippen LogP contribution in [0.3, 0.4) is 0 Å². The van der Waals surface area contributed by atoms with Crippen LogP contribution < -0.4 is 10.2 Å². The lowest BCUT2D eigenvalue weighted by Gasteiger charge is -2.23. The lowest BCUT2D eigenvalue weighted by molar-refractivity contribution is 0.570. The van der Waals surface area contributed by atoms with Crippen LogP contribution in [0.1, 0.15) is 45.7 Å². The van der Waals surface area contributed by atoms with Crippen molar-refractivity contribution in [3.63, 3.8) is 0 Å². The van der Waals surface area contributed by atoms with E-state index < -0.39 is 0 Å². The van der Waals surface area contributed by atoms with E-state index in [1.54, 1.807) is 0 Å². The van der Waals surface area contributed by atoms with Crippen LogP contribution in [0.2, 0.25) is 0 Å². The van der Waals surface area contributed by atoms with Gasteiger partial charge in [0.25, 0.3) is 0 Å². The van der Waals surface area contributed by atoms with Gasteiger partial charge in [-0.15, -0.1) is 0 Å². The highest BCUT2D eigenvalue weighted by Gasteiger charge is 2.09. The molecular formula is C16H27N3. The van der Waals surface area contributed by atoms with Gasteiger partial charge in [0.05, 0.1) is 0 Å². The summed E-state index contributed by atoms with van der Waals surface area (Å²) in [6, 6.07) is 4.64. The summed E-state index contributed by atoms with van der Waals surface area (Å²) in [5, 5.41) is 3.51. The molecule has 1 heterocycles. The van der Waals surface area contributed by atoms with E-state index in [0.29, 0.717) is 6.04 Å². The van der Waals surface area contributed by atoms with E-state index in [1.165, 1.54) is 5.56 Å². The lowest BCUT2D eigenvalue weighted by atomic mass is 10.1. The molecule has 1 aromatic heterocycles. The third-order valence-corrected chi connectivity index (χ3v) is 3.14. The minimum absolute atomic E-state index is 0.366. The van der Waals surface area contributed by atoms with Crippen LogP contribution in [0, 0.1) is 0 Å². The molecule has 0 bridgehead atoms. The Morgan fingerprint density at radius 3 is 2.79 bits per heavy atom. The summed E-state index contributed by atoms with van der Waals surface area (Å²) < 4.78 is 0. The molecule has 106 valence electrons. The number of rotatable bonds is 8. The molecule has 0 saturated heterocycles. The van der Waals surface area contributed by atoms with Gasteiger partial charge in [0.15, 0.2) is 0 Å². The van der Waals surface area contributed by atoms with Crippen LogP contribution in [0.4, 0.5) is 5.82 Å². The molecule has 0 aliphatic heterocycles. The fourth-order valence-electron chi connectivity index (χ4n) is 2.04. The summed E-state index contributed by atoms with van der Waals surface area (Å²) in [6.45, 7) is 15.4. The molecule has 0 saturated carbocycles.